The monoisotopic (exact) mass is 202 g/mol. The van der Waals surface area contributed by atoms with Crippen molar-refractivity contribution in [2.45, 2.75) is 19.9 Å². The molecule has 1 aromatic rings. The lowest BCUT2D eigenvalue weighted by atomic mass is 10.1. The van der Waals surface area contributed by atoms with E-state index in [1.165, 1.54) is 0 Å². The molecule has 1 atom stereocenters. The molecule has 0 bridgehead atoms. The standard InChI is InChI=1S/C9H12ClFN2/c1-5-3-4-7(10)8(9(5)11)6(2)13-12/h3-4,6,13H,12H2,1-2H3. The Kier molecular flexibility index (Phi) is 3.25. The van der Waals surface area contributed by atoms with Crippen LogP contribution in [0.3, 0.4) is 0 Å². The number of halogens is 2. The predicted molar refractivity (Wildman–Crippen MR) is 51.9 cm³/mol. The van der Waals surface area contributed by atoms with Crippen LogP contribution in [-0.4, -0.2) is 0 Å². The van der Waals surface area contributed by atoms with Crippen LogP contribution in [-0.2, 0) is 0 Å². The molecular formula is C9H12ClFN2. The Morgan fingerprint density at radius 3 is 2.69 bits per heavy atom. The van der Waals surface area contributed by atoms with Gasteiger partial charge in [-0.25, -0.2) is 4.39 Å². The largest absolute Gasteiger partial charge is 0.271 e. The third kappa shape index (κ3) is 1.99. The molecule has 0 saturated heterocycles. The van der Waals surface area contributed by atoms with E-state index in [9.17, 15) is 4.39 Å². The zero-order valence-electron chi connectivity index (χ0n) is 7.57. The van der Waals surface area contributed by atoms with Crippen LogP contribution in [0.1, 0.15) is 24.1 Å². The second kappa shape index (κ2) is 4.05. The fourth-order valence-electron chi connectivity index (χ4n) is 1.16. The van der Waals surface area contributed by atoms with E-state index in [0.29, 0.717) is 16.1 Å². The summed E-state index contributed by atoms with van der Waals surface area (Å²) in [6.07, 6.45) is 0. The Bertz CT molecular complexity index is 315. The van der Waals surface area contributed by atoms with E-state index in [2.05, 4.69) is 5.43 Å². The molecule has 0 spiro atoms. The van der Waals surface area contributed by atoms with Gasteiger partial charge in [0.05, 0.1) is 0 Å². The first-order valence-corrected chi connectivity index (χ1v) is 4.36. The Hall–Kier alpha value is -0.640. The zero-order chi connectivity index (χ0) is 10.0. The smallest absolute Gasteiger partial charge is 0.132 e. The molecule has 0 aliphatic rings. The van der Waals surface area contributed by atoms with Gasteiger partial charge >= 0.3 is 0 Å². The van der Waals surface area contributed by atoms with Crippen molar-refractivity contribution in [2.75, 3.05) is 0 Å². The molecule has 1 aromatic carbocycles. The molecule has 0 aliphatic heterocycles. The van der Waals surface area contributed by atoms with Crippen LogP contribution in [0, 0.1) is 12.7 Å². The van der Waals surface area contributed by atoms with Crippen LogP contribution in [0.15, 0.2) is 12.1 Å². The van der Waals surface area contributed by atoms with Crippen molar-refractivity contribution in [3.63, 3.8) is 0 Å². The first-order chi connectivity index (χ1) is 6.07. The summed E-state index contributed by atoms with van der Waals surface area (Å²) in [5.41, 5.74) is 3.46. The maximum atomic E-state index is 13.5. The van der Waals surface area contributed by atoms with Gasteiger partial charge in [0.15, 0.2) is 0 Å². The van der Waals surface area contributed by atoms with Gasteiger partial charge in [0, 0.05) is 16.6 Å². The lowest BCUT2D eigenvalue weighted by Crippen LogP contribution is -2.26. The molecule has 0 fully saturated rings. The number of rotatable bonds is 2. The Balaban J connectivity index is 3.25. The van der Waals surface area contributed by atoms with Crippen LogP contribution in [0.5, 0.6) is 0 Å². The predicted octanol–water partition coefficient (Wildman–Crippen LogP) is 2.31. The van der Waals surface area contributed by atoms with Crippen molar-refractivity contribution in [3.8, 4) is 0 Å². The zero-order valence-corrected chi connectivity index (χ0v) is 8.32. The minimum Gasteiger partial charge on any atom is -0.271 e. The van der Waals surface area contributed by atoms with Gasteiger partial charge in [-0.05, 0) is 25.5 Å². The van der Waals surface area contributed by atoms with Crippen molar-refractivity contribution in [1.29, 1.82) is 0 Å². The van der Waals surface area contributed by atoms with Crippen LogP contribution in [0.25, 0.3) is 0 Å². The fraction of sp³-hybridized carbons (Fsp3) is 0.333. The van der Waals surface area contributed by atoms with Crippen molar-refractivity contribution in [2.24, 2.45) is 5.84 Å². The van der Waals surface area contributed by atoms with Gasteiger partial charge in [0.1, 0.15) is 5.82 Å². The molecule has 1 unspecified atom stereocenters. The van der Waals surface area contributed by atoms with Gasteiger partial charge in [0.25, 0.3) is 0 Å². The minimum absolute atomic E-state index is 0.285. The lowest BCUT2D eigenvalue weighted by Gasteiger charge is -2.14. The molecule has 1 rings (SSSR count). The molecule has 13 heavy (non-hydrogen) atoms. The number of hydrazine groups is 1. The summed E-state index contributed by atoms with van der Waals surface area (Å²) in [5, 5.41) is 0.397. The van der Waals surface area contributed by atoms with E-state index in [0.717, 1.165) is 0 Å². The van der Waals surface area contributed by atoms with Crippen molar-refractivity contribution in [1.82, 2.24) is 5.43 Å². The molecule has 4 heteroatoms. The summed E-state index contributed by atoms with van der Waals surface area (Å²) in [7, 11) is 0. The molecule has 0 saturated carbocycles. The quantitative estimate of drug-likeness (QED) is 0.571. The number of aryl methyl sites for hydroxylation is 1. The number of hydrogen-bond donors (Lipinski definition) is 2. The van der Waals surface area contributed by atoms with Gasteiger partial charge in [0.2, 0.25) is 0 Å². The number of nitrogens with two attached hydrogens (primary N) is 1. The lowest BCUT2D eigenvalue weighted by molar-refractivity contribution is 0.537. The highest BCUT2D eigenvalue weighted by Crippen LogP contribution is 2.27. The van der Waals surface area contributed by atoms with E-state index < -0.39 is 0 Å². The van der Waals surface area contributed by atoms with E-state index in [4.69, 9.17) is 17.4 Å². The van der Waals surface area contributed by atoms with Gasteiger partial charge in [-0.15, -0.1) is 0 Å². The third-order valence-electron chi connectivity index (χ3n) is 2.00. The molecule has 0 radical (unpaired) electrons. The van der Waals surface area contributed by atoms with E-state index >= 15 is 0 Å². The summed E-state index contributed by atoms with van der Waals surface area (Å²) in [6.45, 7) is 3.45. The second-order valence-corrected chi connectivity index (χ2v) is 3.39. The number of hydrogen-bond acceptors (Lipinski definition) is 2. The maximum absolute atomic E-state index is 13.5. The van der Waals surface area contributed by atoms with Crippen LogP contribution >= 0.6 is 11.6 Å². The van der Waals surface area contributed by atoms with Crippen LogP contribution in [0.2, 0.25) is 5.02 Å². The van der Waals surface area contributed by atoms with Gasteiger partial charge in [-0.3, -0.25) is 11.3 Å². The average Bonchev–Trinajstić information content (AvgIpc) is 2.12. The third-order valence-corrected chi connectivity index (χ3v) is 2.33. The highest BCUT2D eigenvalue weighted by molar-refractivity contribution is 6.31. The van der Waals surface area contributed by atoms with Gasteiger partial charge < -0.3 is 0 Å². The van der Waals surface area contributed by atoms with Crippen molar-refractivity contribution in [3.05, 3.63) is 34.1 Å². The molecule has 72 valence electrons. The van der Waals surface area contributed by atoms with Gasteiger partial charge in [-0.1, -0.05) is 17.7 Å². The van der Waals surface area contributed by atoms with E-state index in [-0.39, 0.29) is 11.9 Å². The minimum atomic E-state index is -0.294. The molecule has 0 aromatic heterocycles. The maximum Gasteiger partial charge on any atom is 0.132 e. The van der Waals surface area contributed by atoms with Gasteiger partial charge in [-0.2, -0.15) is 0 Å². The molecule has 2 nitrogen and oxygen atoms in total. The van der Waals surface area contributed by atoms with E-state index in [1.54, 1.807) is 26.0 Å². The van der Waals surface area contributed by atoms with Crippen molar-refractivity contribution < 1.29 is 4.39 Å². The summed E-state index contributed by atoms with van der Waals surface area (Å²) in [5.74, 6) is 4.92. The van der Waals surface area contributed by atoms with E-state index in [1.807, 2.05) is 0 Å². The summed E-state index contributed by atoms with van der Waals surface area (Å²) in [6, 6.07) is 3.03. The first kappa shape index (κ1) is 10.4. The number of nitrogens with one attached hydrogen (secondary N) is 1. The summed E-state index contributed by atoms with van der Waals surface area (Å²) in [4.78, 5) is 0. The number of benzene rings is 1. The SMILES string of the molecule is Cc1ccc(Cl)c(C(C)NN)c1F. The Labute approximate surface area is 81.9 Å². The molecule has 0 aliphatic carbocycles. The average molecular weight is 203 g/mol. The van der Waals surface area contributed by atoms with Crippen molar-refractivity contribution >= 4 is 11.6 Å². The topological polar surface area (TPSA) is 38.0 Å². The molecule has 0 amide bonds. The molecule has 3 N–H and O–H groups in total. The summed E-state index contributed by atoms with van der Waals surface area (Å²) >= 11 is 5.84. The Morgan fingerprint density at radius 1 is 1.54 bits per heavy atom. The molecular weight excluding hydrogens is 191 g/mol. The highest BCUT2D eigenvalue weighted by Gasteiger charge is 2.15. The van der Waals surface area contributed by atoms with Crippen LogP contribution < -0.4 is 11.3 Å². The normalized spacial score (nSPS) is 13.0. The second-order valence-electron chi connectivity index (χ2n) is 2.98. The summed E-state index contributed by atoms with van der Waals surface area (Å²) < 4.78 is 13.5. The fourth-order valence-corrected chi connectivity index (χ4v) is 1.47. The van der Waals surface area contributed by atoms with Crippen LogP contribution in [0.4, 0.5) is 4.39 Å². The highest BCUT2D eigenvalue weighted by atomic mass is 35.5. The molecule has 0 heterocycles. The first-order valence-electron chi connectivity index (χ1n) is 3.98. The Morgan fingerprint density at radius 2 is 2.15 bits per heavy atom.